The lowest BCUT2D eigenvalue weighted by atomic mass is 9.93. The summed E-state index contributed by atoms with van der Waals surface area (Å²) >= 11 is 0. The highest BCUT2D eigenvalue weighted by Gasteiger charge is 2.21. The molecule has 2 rings (SSSR count). The number of benzene rings is 2. The topological polar surface area (TPSA) is 61.8 Å². The molecule has 30 heavy (non-hydrogen) atoms. The summed E-state index contributed by atoms with van der Waals surface area (Å²) in [5.74, 6) is 0.640. The average molecular weight is 411 g/mol. The Balaban J connectivity index is 2.40. The van der Waals surface area contributed by atoms with E-state index in [0.717, 1.165) is 39.1 Å². The zero-order valence-corrected chi connectivity index (χ0v) is 18.6. The van der Waals surface area contributed by atoms with Crippen LogP contribution in [0.1, 0.15) is 48.1 Å². The summed E-state index contributed by atoms with van der Waals surface area (Å²) in [5.41, 5.74) is 5.65. The number of allylic oxidation sites excluding steroid dienone is 1. The first-order chi connectivity index (χ1) is 14.2. The van der Waals surface area contributed by atoms with Crippen LogP contribution in [-0.2, 0) is 27.4 Å². The SMILES string of the molecule is COC(=O)/C=C(\C)CCc1c(C)c(OCc2ccccc2)c(C)c(C)c1OC(C)=O. The molecule has 0 fully saturated rings. The molecule has 0 saturated carbocycles. The van der Waals surface area contributed by atoms with Gasteiger partial charge in [0, 0.05) is 18.6 Å². The van der Waals surface area contributed by atoms with E-state index in [1.54, 1.807) is 0 Å². The molecule has 0 spiro atoms. The molecule has 0 radical (unpaired) electrons. The van der Waals surface area contributed by atoms with Gasteiger partial charge in [-0.2, -0.15) is 0 Å². The smallest absolute Gasteiger partial charge is 0.330 e. The fourth-order valence-corrected chi connectivity index (χ4v) is 3.34. The predicted octanol–water partition coefficient (Wildman–Crippen LogP) is 5.17. The van der Waals surface area contributed by atoms with Gasteiger partial charge < -0.3 is 14.2 Å². The van der Waals surface area contributed by atoms with Crippen LogP contribution in [-0.4, -0.2) is 19.0 Å². The highest BCUT2D eigenvalue weighted by Crippen LogP contribution is 2.39. The Morgan fingerprint density at radius 2 is 1.57 bits per heavy atom. The van der Waals surface area contributed by atoms with Crippen molar-refractivity contribution in [2.45, 2.75) is 54.1 Å². The number of rotatable bonds is 8. The van der Waals surface area contributed by atoms with Crippen LogP contribution in [0.4, 0.5) is 0 Å². The van der Waals surface area contributed by atoms with E-state index in [1.807, 2.05) is 58.0 Å². The number of ether oxygens (including phenoxy) is 3. The van der Waals surface area contributed by atoms with Crippen LogP contribution >= 0.6 is 0 Å². The van der Waals surface area contributed by atoms with Crippen molar-refractivity contribution in [3.8, 4) is 11.5 Å². The maximum absolute atomic E-state index is 11.7. The van der Waals surface area contributed by atoms with Gasteiger partial charge in [-0.25, -0.2) is 4.79 Å². The Hall–Kier alpha value is -3.08. The Morgan fingerprint density at radius 1 is 0.933 bits per heavy atom. The molecular weight excluding hydrogens is 380 g/mol. The summed E-state index contributed by atoms with van der Waals surface area (Å²) in [6.45, 7) is 9.62. The van der Waals surface area contributed by atoms with Crippen molar-refractivity contribution in [3.63, 3.8) is 0 Å². The molecule has 0 aliphatic rings. The largest absolute Gasteiger partial charge is 0.488 e. The van der Waals surface area contributed by atoms with Gasteiger partial charge in [0.1, 0.15) is 18.1 Å². The minimum absolute atomic E-state index is 0.363. The van der Waals surface area contributed by atoms with E-state index in [9.17, 15) is 9.59 Å². The van der Waals surface area contributed by atoms with E-state index in [1.165, 1.54) is 20.1 Å². The van der Waals surface area contributed by atoms with Crippen LogP contribution in [0.25, 0.3) is 0 Å². The van der Waals surface area contributed by atoms with Crippen LogP contribution in [0.2, 0.25) is 0 Å². The third-order valence-electron chi connectivity index (χ3n) is 5.12. The van der Waals surface area contributed by atoms with Crippen molar-refractivity contribution in [2.24, 2.45) is 0 Å². The van der Waals surface area contributed by atoms with Crippen LogP contribution in [0.15, 0.2) is 42.0 Å². The Morgan fingerprint density at radius 3 is 2.17 bits per heavy atom. The molecule has 0 saturated heterocycles. The number of carbonyl (C=O) groups excluding carboxylic acids is 2. The highest BCUT2D eigenvalue weighted by molar-refractivity contribution is 5.82. The third kappa shape index (κ3) is 5.96. The van der Waals surface area contributed by atoms with Crippen LogP contribution in [0.5, 0.6) is 11.5 Å². The Kier molecular flexibility index (Phi) is 8.22. The van der Waals surface area contributed by atoms with E-state index in [-0.39, 0.29) is 11.9 Å². The van der Waals surface area contributed by atoms with Crippen molar-refractivity contribution >= 4 is 11.9 Å². The van der Waals surface area contributed by atoms with E-state index in [0.29, 0.717) is 25.2 Å². The second-order valence-electron chi connectivity index (χ2n) is 7.39. The lowest BCUT2D eigenvalue weighted by Crippen LogP contribution is -2.10. The monoisotopic (exact) mass is 410 g/mol. The zero-order valence-electron chi connectivity index (χ0n) is 18.6. The third-order valence-corrected chi connectivity index (χ3v) is 5.12. The van der Waals surface area contributed by atoms with E-state index >= 15 is 0 Å². The van der Waals surface area contributed by atoms with Gasteiger partial charge in [0.05, 0.1) is 7.11 Å². The molecule has 0 atom stereocenters. The first kappa shape index (κ1) is 23.2. The fraction of sp³-hybridized carbons (Fsp3) is 0.360. The number of carbonyl (C=O) groups is 2. The normalized spacial score (nSPS) is 11.2. The lowest BCUT2D eigenvalue weighted by Gasteiger charge is -2.22. The number of hydrogen-bond acceptors (Lipinski definition) is 5. The maximum Gasteiger partial charge on any atom is 0.330 e. The molecule has 5 nitrogen and oxygen atoms in total. The molecule has 0 aromatic heterocycles. The molecule has 5 heteroatoms. The highest BCUT2D eigenvalue weighted by atomic mass is 16.5. The molecule has 0 aliphatic carbocycles. The first-order valence-corrected chi connectivity index (χ1v) is 9.97. The maximum atomic E-state index is 11.7. The second-order valence-corrected chi connectivity index (χ2v) is 7.39. The molecule has 0 unspecified atom stereocenters. The van der Waals surface area contributed by atoms with Crippen molar-refractivity contribution in [3.05, 3.63) is 69.8 Å². The summed E-state index contributed by atoms with van der Waals surface area (Å²) in [6, 6.07) is 9.98. The summed E-state index contributed by atoms with van der Waals surface area (Å²) in [5, 5.41) is 0. The van der Waals surface area contributed by atoms with E-state index in [4.69, 9.17) is 14.2 Å². The van der Waals surface area contributed by atoms with Crippen LogP contribution < -0.4 is 9.47 Å². The van der Waals surface area contributed by atoms with Crippen molar-refractivity contribution in [1.82, 2.24) is 0 Å². The minimum Gasteiger partial charge on any atom is -0.488 e. The van der Waals surface area contributed by atoms with Gasteiger partial charge in [-0.15, -0.1) is 0 Å². The molecule has 2 aromatic rings. The second kappa shape index (κ2) is 10.6. The summed E-state index contributed by atoms with van der Waals surface area (Å²) in [6.07, 6.45) is 2.72. The first-order valence-electron chi connectivity index (χ1n) is 9.97. The van der Waals surface area contributed by atoms with Gasteiger partial charge in [-0.1, -0.05) is 35.9 Å². The van der Waals surface area contributed by atoms with Gasteiger partial charge >= 0.3 is 11.9 Å². The molecule has 0 amide bonds. The van der Waals surface area contributed by atoms with Crippen molar-refractivity contribution in [2.75, 3.05) is 7.11 Å². The van der Waals surface area contributed by atoms with Crippen molar-refractivity contribution in [1.29, 1.82) is 0 Å². The van der Waals surface area contributed by atoms with Gasteiger partial charge in [0.15, 0.2) is 0 Å². The molecular formula is C25H30O5. The number of esters is 2. The van der Waals surface area contributed by atoms with Crippen LogP contribution in [0.3, 0.4) is 0 Å². The molecule has 2 aromatic carbocycles. The summed E-state index contributed by atoms with van der Waals surface area (Å²) < 4.78 is 16.5. The lowest BCUT2D eigenvalue weighted by molar-refractivity contribution is -0.135. The molecule has 0 bridgehead atoms. The van der Waals surface area contributed by atoms with Gasteiger partial charge in [0.2, 0.25) is 0 Å². The minimum atomic E-state index is -0.378. The fourth-order valence-electron chi connectivity index (χ4n) is 3.34. The van der Waals surface area contributed by atoms with Crippen molar-refractivity contribution < 1.29 is 23.8 Å². The number of hydrogen-bond donors (Lipinski definition) is 0. The van der Waals surface area contributed by atoms with E-state index in [2.05, 4.69) is 0 Å². The quantitative estimate of drug-likeness (QED) is 0.341. The predicted molar refractivity (Wildman–Crippen MR) is 117 cm³/mol. The molecule has 160 valence electrons. The molecule has 0 heterocycles. The van der Waals surface area contributed by atoms with Gasteiger partial charge in [0.25, 0.3) is 0 Å². The van der Waals surface area contributed by atoms with Crippen LogP contribution in [0, 0.1) is 20.8 Å². The Labute approximate surface area is 178 Å². The van der Waals surface area contributed by atoms with Gasteiger partial charge in [-0.05, 0) is 62.8 Å². The summed E-state index contributed by atoms with van der Waals surface area (Å²) in [4.78, 5) is 23.2. The average Bonchev–Trinajstić information content (AvgIpc) is 2.71. The standard InChI is InChI=1S/C25H30O5/c1-16(14-23(27)28-6)12-13-22-19(4)24(29-15-21-10-8-7-9-11-21)17(2)18(3)25(22)30-20(5)26/h7-11,14H,12-13,15H2,1-6H3/b16-14+. The van der Waals surface area contributed by atoms with E-state index < -0.39 is 0 Å². The van der Waals surface area contributed by atoms with Gasteiger partial charge in [-0.3, -0.25) is 4.79 Å². The number of methoxy groups -OCH3 is 1. The zero-order chi connectivity index (χ0) is 22.3. The molecule has 0 N–H and O–H groups in total. The summed E-state index contributed by atoms with van der Waals surface area (Å²) in [7, 11) is 1.36. The Bertz CT molecular complexity index is 942. The molecule has 0 aliphatic heterocycles.